The van der Waals surface area contributed by atoms with Gasteiger partial charge in [0.05, 0.1) is 0 Å². The van der Waals surface area contributed by atoms with E-state index in [9.17, 15) is 0 Å². The molecule has 0 aliphatic carbocycles. The summed E-state index contributed by atoms with van der Waals surface area (Å²) in [6, 6.07) is 48.6. The van der Waals surface area contributed by atoms with E-state index in [1.54, 1.807) is 0 Å². The number of rotatable bonds is 2. The van der Waals surface area contributed by atoms with Crippen LogP contribution in [0.15, 0.2) is 133 Å². The van der Waals surface area contributed by atoms with E-state index >= 15 is 0 Å². The second-order valence-electron chi connectivity index (χ2n) is 8.97. The van der Waals surface area contributed by atoms with Crippen molar-refractivity contribution in [3.63, 3.8) is 0 Å². The van der Waals surface area contributed by atoms with Crippen LogP contribution in [0, 0.1) is 0 Å². The molecule has 0 aromatic heterocycles. The molecule has 0 unspecified atom stereocenters. The molecule has 0 aliphatic heterocycles. The zero-order valence-electron chi connectivity index (χ0n) is 18.7. The van der Waals surface area contributed by atoms with Crippen LogP contribution in [0.3, 0.4) is 0 Å². The Bertz CT molecular complexity index is 1660. The van der Waals surface area contributed by atoms with Crippen molar-refractivity contribution in [1.29, 1.82) is 0 Å². The van der Waals surface area contributed by atoms with Gasteiger partial charge >= 0.3 is 0 Å². The largest absolute Gasteiger partial charge is 0.0616 e. The summed E-state index contributed by atoms with van der Waals surface area (Å²) in [6.45, 7) is 0. The first-order chi connectivity index (χ1) is 16.9. The fourth-order valence-corrected chi connectivity index (χ4v) is 5.44. The van der Waals surface area contributed by atoms with Crippen molar-refractivity contribution >= 4 is 43.1 Å². The van der Waals surface area contributed by atoms with Gasteiger partial charge in [0, 0.05) is 0 Å². The minimum atomic E-state index is 1.26. The first-order valence-corrected chi connectivity index (χ1v) is 11.8. The van der Waals surface area contributed by atoms with Crippen LogP contribution in [0.4, 0.5) is 0 Å². The minimum absolute atomic E-state index is 1.26. The summed E-state index contributed by atoms with van der Waals surface area (Å²) in [6.07, 6.45) is 0. The molecule has 0 heterocycles. The van der Waals surface area contributed by atoms with Crippen molar-refractivity contribution in [1.82, 2.24) is 0 Å². The molecule has 7 rings (SSSR count). The van der Waals surface area contributed by atoms with E-state index in [1.165, 1.54) is 65.3 Å². The lowest BCUT2D eigenvalue weighted by Gasteiger charge is -2.18. The van der Waals surface area contributed by atoms with Crippen molar-refractivity contribution in [3.05, 3.63) is 133 Å². The van der Waals surface area contributed by atoms with Gasteiger partial charge in [0.25, 0.3) is 0 Å². The van der Waals surface area contributed by atoms with Crippen LogP contribution in [0.1, 0.15) is 0 Å². The fraction of sp³-hybridized carbons (Fsp3) is 0. The van der Waals surface area contributed by atoms with Crippen molar-refractivity contribution in [3.8, 4) is 22.3 Å². The van der Waals surface area contributed by atoms with Crippen molar-refractivity contribution in [2.75, 3.05) is 0 Å². The Hall–Kier alpha value is -4.42. The third kappa shape index (κ3) is 2.93. The quantitative estimate of drug-likeness (QED) is 0.239. The van der Waals surface area contributed by atoms with Crippen molar-refractivity contribution in [2.45, 2.75) is 0 Å². The lowest BCUT2D eigenvalue weighted by molar-refractivity contribution is 1.68. The molecule has 34 heavy (non-hydrogen) atoms. The Balaban J connectivity index is 1.61. The van der Waals surface area contributed by atoms with E-state index in [2.05, 4.69) is 133 Å². The second-order valence-corrected chi connectivity index (χ2v) is 8.97. The molecule has 0 N–H and O–H groups in total. The van der Waals surface area contributed by atoms with Crippen LogP contribution in [0.2, 0.25) is 0 Å². The molecule has 0 fully saturated rings. The molecule has 158 valence electrons. The van der Waals surface area contributed by atoms with Gasteiger partial charge in [-0.3, -0.25) is 0 Å². The molecule has 0 amide bonds. The third-order valence-corrected chi connectivity index (χ3v) is 7.01. The van der Waals surface area contributed by atoms with Crippen molar-refractivity contribution in [2.24, 2.45) is 0 Å². The molecular formula is C34H22. The molecule has 0 atom stereocenters. The zero-order valence-corrected chi connectivity index (χ0v) is 18.7. The molecule has 0 nitrogen and oxygen atoms in total. The van der Waals surface area contributed by atoms with Gasteiger partial charge in [-0.15, -0.1) is 0 Å². The van der Waals surface area contributed by atoms with Gasteiger partial charge in [-0.25, -0.2) is 0 Å². The summed E-state index contributed by atoms with van der Waals surface area (Å²) in [5, 5.41) is 10.2. The van der Waals surface area contributed by atoms with Crippen LogP contribution >= 0.6 is 0 Å². The number of hydrogen-bond donors (Lipinski definition) is 0. The highest BCUT2D eigenvalue weighted by atomic mass is 14.2. The first kappa shape index (κ1) is 19.1. The number of hydrogen-bond acceptors (Lipinski definition) is 0. The Morgan fingerprint density at radius 3 is 0.971 bits per heavy atom. The lowest BCUT2D eigenvalue weighted by Crippen LogP contribution is -1.91. The minimum Gasteiger partial charge on any atom is -0.0616 e. The van der Waals surface area contributed by atoms with Gasteiger partial charge in [0.2, 0.25) is 0 Å². The Labute approximate surface area is 198 Å². The van der Waals surface area contributed by atoms with Crippen LogP contribution in [0.25, 0.3) is 65.3 Å². The van der Waals surface area contributed by atoms with Crippen molar-refractivity contribution < 1.29 is 0 Å². The molecule has 0 spiro atoms. The SMILES string of the molecule is c1ccc2cc(-c3c4ccccc4c(-c4ccc5ccccc5c4)c4ccccc34)ccc2c1. The van der Waals surface area contributed by atoms with Gasteiger partial charge in [0.15, 0.2) is 0 Å². The Morgan fingerprint density at radius 1 is 0.265 bits per heavy atom. The average molecular weight is 431 g/mol. The van der Waals surface area contributed by atoms with Gasteiger partial charge < -0.3 is 0 Å². The molecule has 0 aliphatic rings. The maximum Gasteiger partial charge on any atom is -0.00262 e. The monoisotopic (exact) mass is 430 g/mol. The van der Waals surface area contributed by atoms with E-state index in [-0.39, 0.29) is 0 Å². The van der Waals surface area contributed by atoms with E-state index < -0.39 is 0 Å². The summed E-state index contributed by atoms with van der Waals surface area (Å²) < 4.78 is 0. The van der Waals surface area contributed by atoms with Crippen LogP contribution in [-0.4, -0.2) is 0 Å². The molecule has 7 aromatic carbocycles. The molecule has 0 bridgehead atoms. The average Bonchev–Trinajstić information content (AvgIpc) is 2.91. The van der Waals surface area contributed by atoms with Gasteiger partial charge in [0.1, 0.15) is 0 Å². The Morgan fingerprint density at radius 2 is 0.588 bits per heavy atom. The molecular weight excluding hydrogens is 408 g/mol. The molecule has 0 saturated heterocycles. The standard InChI is InChI=1S/C34H22/c1-3-11-25-21-27(19-17-23(25)9-1)33-29-13-5-7-15-31(29)34(32-16-8-6-14-30(32)33)28-20-18-24-10-2-4-12-26(24)22-28/h1-22H. The lowest BCUT2D eigenvalue weighted by atomic mass is 9.85. The highest BCUT2D eigenvalue weighted by Crippen LogP contribution is 2.44. The molecule has 0 saturated carbocycles. The van der Waals surface area contributed by atoms with E-state index in [0.717, 1.165) is 0 Å². The van der Waals surface area contributed by atoms with E-state index in [1.807, 2.05) is 0 Å². The van der Waals surface area contributed by atoms with Crippen LogP contribution < -0.4 is 0 Å². The summed E-state index contributed by atoms with van der Waals surface area (Å²) in [4.78, 5) is 0. The maximum absolute atomic E-state index is 2.33. The highest BCUT2D eigenvalue weighted by Gasteiger charge is 2.16. The van der Waals surface area contributed by atoms with E-state index in [0.29, 0.717) is 0 Å². The zero-order chi connectivity index (χ0) is 22.5. The van der Waals surface area contributed by atoms with E-state index in [4.69, 9.17) is 0 Å². The highest BCUT2D eigenvalue weighted by molar-refractivity contribution is 6.22. The maximum atomic E-state index is 2.33. The predicted molar refractivity (Wildman–Crippen MR) is 147 cm³/mol. The summed E-state index contributed by atoms with van der Waals surface area (Å²) >= 11 is 0. The summed E-state index contributed by atoms with van der Waals surface area (Å²) in [5.74, 6) is 0. The fourth-order valence-electron chi connectivity index (χ4n) is 5.44. The van der Waals surface area contributed by atoms with Crippen LogP contribution in [-0.2, 0) is 0 Å². The van der Waals surface area contributed by atoms with Gasteiger partial charge in [-0.1, -0.05) is 121 Å². The topological polar surface area (TPSA) is 0 Å². The van der Waals surface area contributed by atoms with Gasteiger partial charge in [-0.2, -0.15) is 0 Å². The number of fused-ring (bicyclic) bond motifs is 4. The van der Waals surface area contributed by atoms with Gasteiger partial charge in [-0.05, 0) is 77.5 Å². The second kappa shape index (κ2) is 7.57. The summed E-state index contributed by atoms with van der Waals surface area (Å²) in [7, 11) is 0. The smallest absolute Gasteiger partial charge is 0.00262 e. The normalized spacial score (nSPS) is 11.5. The predicted octanol–water partition coefficient (Wildman–Crippen LogP) is 9.63. The molecule has 7 aromatic rings. The Kier molecular flexibility index (Phi) is 4.25. The first-order valence-electron chi connectivity index (χ1n) is 11.8. The molecule has 0 heteroatoms. The number of benzene rings is 7. The molecule has 0 radical (unpaired) electrons. The summed E-state index contributed by atoms with van der Waals surface area (Å²) in [5.41, 5.74) is 5.13. The van der Waals surface area contributed by atoms with Crippen LogP contribution in [0.5, 0.6) is 0 Å². The third-order valence-electron chi connectivity index (χ3n) is 7.01.